The summed E-state index contributed by atoms with van der Waals surface area (Å²) >= 11 is 2.36. The van der Waals surface area contributed by atoms with E-state index in [1.807, 2.05) is 18.2 Å². The molecule has 0 atom stereocenters. The van der Waals surface area contributed by atoms with Crippen molar-refractivity contribution in [1.29, 1.82) is 0 Å². The van der Waals surface area contributed by atoms with Crippen LogP contribution in [-0.2, 0) is 0 Å². The Morgan fingerprint density at radius 1 is 1.41 bits per heavy atom. The summed E-state index contributed by atoms with van der Waals surface area (Å²) in [6.45, 7) is 14.5. The molecule has 0 amide bonds. The first kappa shape index (κ1) is 14.5. The number of hydrogen-bond acceptors (Lipinski definition) is 0. The van der Waals surface area contributed by atoms with E-state index >= 15 is 0 Å². The van der Waals surface area contributed by atoms with Crippen molar-refractivity contribution in [2.45, 2.75) is 33.6 Å². The Morgan fingerprint density at radius 2 is 2.06 bits per heavy atom. The van der Waals surface area contributed by atoms with Crippen LogP contribution in [0.25, 0.3) is 0 Å². The fraction of sp³-hybridized carbons (Fsp3) is 0.375. The van der Waals surface area contributed by atoms with Crippen molar-refractivity contribution in [3.8, 4) is 0 Å². The van der Waals surface area contributed by atoms with Gasteiger partial charge in [0.25, 0.3) is 0 Å². The van der Waals surface area contributed by atoms with Crippen molar-refractivity contribution < 1.29 is 0 Å². The molecule has 0 N–H and O–H groups in total. The van der Waals surface area contributed by atoms with Crippen molar-refractivity contribution in [3.63, 3.8) is 0 Å². The van der Waals surface area contributed by atoms with Gasteiger partial charge in [-0.1, -0.05) is 57.2 Å². The number of hydrogen-bond donors (Lipinski definition) is 0. The summed E-state index contributed by atoms with van der Waals surface area (Å²) in [4.78, 5) is 0. The lowest BCUT2D eigenvalue weighted by atomic mass is 9.81. The molecule has 0 unspecified atom stereocenters. The molecule has 0 radical (unpaired) electrons. The van der Waals surface area contributed by atoms with E-state index in [0.29, 0.717) is 0 Å². The van der Waals surface area contributed by atoms with Crippen molar-refractivity contribution in [2.24, 2.45) is 5.41 Å². The molecule has 1 aliphatic carbocycles. The zero-order chi connectivity index (χ0) is 13.1. The van der Waals surface area contributed by atoms with Gasteiger partial charge in [-0.25, -0.2) is 0 Å². The highest BCUT2D eigenvalue weighted by molar-refractivity contribution is 14.1. The minimum Gasteiger partial charge on any atom is -0.0990 e. The van der Waals surface area contributed by atoms with E-state index in [-0.39, 0.29) is 5.41 Å². The Kier molecular flexibility index (Phi) is 4.99. The molecule has 0 nitrogen and oxygen atoms in total. The molecule has 0 heterocycles. The summed E-state index contributed by atoms with van der Waals surface area (Å²) in [6, 6.07) is 0. The van der Waals surface area contributed by atoms with Gasteiger partial charge in [-0.2, -0.15) is 0 Å². The molecule has 0 saturated heterocycles. The van der Waals surface area contributed by atoms with Crippen LogP contribution in [0.15, 0.2) is 57.8 Å². The van der Waals surface area contributed by atoms with Crippen LogP contribution in [0.3, 0.4) is 0 Å². The Balaban J connectivity index is 3.15. The van der Waals surface area contributed by atoms with Gasteiger partial charge in [0.1, 0.15) is 0 Å². The summed E-state index contributed by atoms with van der Waals surface area (Å²) in [5.41, 5.74) is 4.54. The van der Waals surface area contributed by atoms with Crippen LogP contribution in [0.4, 0.5) is 0 Å². The topological polar surface area (TPSA) is 0 Å². The van der Waals surface area contributed by atoms with Crippen molar-refractivity contribution in [1.82, 2.24) is 0 Å². The van der Waals surface area contributed by atoms with E-state index in [0.717, 1.165) is 12.8 Å². The molecule has 0 saturated carbocycles. The van der Waals surface area contributed by atoms with Gasteiger partial charge in [-0.3, -0.25) is 0 Å². The molecule has 0 aromatic heterocycles. The molecular formula is C16H21I. The molecule has 17 heavy (non-hydrogen) atoms. The maximum absolute atomic E-state index is 3.97. The normalized spacial score (nSPS) is 22.1. The minimum absolute atomic E-state index is 0.124. The molecule has 0 aromatic carbocycles. The maximum atomic E-state index is 3.97. The van der Waals surface area contributed by atoms with Gasteiger partial charge in [0.15, 0.2) is 0 Å². The summed E-state index contributed by atoms with van der Waals surface area (Å²) in [5, 5.41) is 0. The number of allylic oxidation sites excluding steroid dienone is 8. The standard InChI is InChI=1S/C16H21I/c1-6-9-14(17)11-13-10-12(7-2)15(8-3)16(13,4)5/h6,8-9,11H,1,3,7,10H2,2,4-5H3/b13-11+,14-9+. The molecule has 0 spiro atoms. The van der Waals surface area contributed by atoms with E-state index in [1.165, 1.54) is 20.3 Å². The Morgan fingerprint density at radius 3 is 2.47 bits per heavy atom. The first-order chi connectivity index (χ1) is 7.97. The third-order valence-corrected chi connectivity index (χ3v) is 4.15. The van der Waals surface area contributed by atoms with Crippen LogP contribution in [0.1, 0.15) is 33.6 Å². The predicted molar refractivity (Wildman–Crippen MR) is 86.3 cm³/mol. The van der Waals surface area contributed by atoms with Gasteiger partial charge in [0.2, 0.25) is 0 Å². The van der Waals surface area contributed by atoms with Crippen LogP contribution in [0, 0.1) is 5.41 Å². The van der Waals surface area contributed by atoms with Crippen molar-refractivity contribution in [3.05, 3.63) is 57.8 Å². The molecular weight excluding hydrogens is 319 g/mol. The number of rotatable bonds is 4. The minimum atomic E-state index is 0.124. The van der Waals surface area contributed by atoms with Gasteiger partial charge < -0.3 is 0 Å². The van der Waals surface area contributed by atoms with Gasteiger partial charge >= 0.3 is 0 Å². The highest BCUT2D eigenvalue weighted by Crippen LogP contribution is 2.48. The smallest absolute Gasteiger partial charge is 0.0130 e. The molecule has 0 fully saturated rings. The van der Waals surface area contributed by atoms with Gasteiger partial charge in [0, 0.05) is 8.99 Å². The largest absolute Gasteiger partial charge is 0.0990 e. The molecule has 1 heteroatoms. The van der Waals surface area contributed by atoms with Crippen molar-refractivity contribution in [2.75, 3.05) is 0 Å². The SMILES string of the molecule is C=C/C=C(I)\C=C1/CC(CC)=C(C=C)C1(C)C. The third kappa shape index (κ3) is 3.01. The third-order valence-electron chi connectivity index (χ3n) is 3.48. The van der Waals surface area contributed by atoms with Crippen LogP contribution >= 0.6 is 22.6 Å². The molecule has 0 aromatic rings. The average molecular weight is 340 g/mol. The first-order valence-corrected chi connectivity index (χ1v) is 7.09. The quantitative estimate of drug-likeness (QED) is 0.452. The summed E-state index contributed by atoms with van der Waals surface area (Å²) in [5.74, 6) is 0. The molecule has 0 bridgehead atoms. The molecule has 92 valence electrons. The highest BCUT2D eigenvalue weighted by atomic mass is 127. The van der Waals surface area contributed by atoms with E-state index in [2.05, 4.69) is 62.6 Å². The Hall–Kier alpha value is -0.570. The van der Waals surface area contributed by atoms with Crippen LogP contribution in [0.2, 0.25) is 0 Å². The zero-order valence-corrected chi connectivity index (χ0v) is 13.2. The van der Waals surface area contributed by atoms with Gasteiger partial charge in [-0.15, -0.1) is 0 Å². The first-order valence-electron chi connectivity index (χ1n) is 6.01. The monoisotopic (exact) mass is 340 g/mol. The molecule has 1 aliphatic rings. The molecule has 0 aliphatic heterocycles. The second kappa shape index (κ2) is 5.85. The van der Waals surface area contributed by atoms with Crippen LogP contribution < -0.4 is 0 Å². The summed E-state index contributed by atoms with van der Waals surface area (Å²) in [7, 11) is 0. The van der Waals surface area contributed by atoms with Gasteiger partial charge in [0.05, 0.1) is 0 Å². The van der Waals surface area contributed by atoms with Gasteiger partial charge in [-0.05, 0) is 53.2 Å². The highest BCUT2D eigenvalue weighted by Gasteiger charge is 2.34. The van der Waals surface area contributed by atoms with E-state index < -0.39 is 0 Å². The predicted octanol–water partition coefficient (Wildman–Crippen LogP) is 5.74. The fourth-order valence-electron chi connectivity index (χ4n) is 2.43. The average Bonchev–Trinajstić information content (AvgIpc) is 2.50. The fourth-order valence-corrected chi connectivity index (χ4v) is 3.06. The lowest BCUT2D eigenvalue weighted by Crippen LogP contribution is -2.11. The van der Waals surface area contributed by atoms with Crippen LogP contribution in [0.5, 0.6) is 0 Å². The van der Waals surface area contributed by atoms with Crippen LogP contribution in [-0.4, -0.2) is 0 Å². The maximum Gasteiger partial charge on any atom is 0.0130 e. The second-order valence-electron chi connectivity index (χ2n) is 4.83. The zero-order valence-electron chi connectivity index (χ0n) is 11.0. The lowest BCUT2D eigenvalue weighted by molar-refractivity contribution is 0.567. The Labute approximate surface area is 119 Å². The summed E-state index contributed by atoms with van der Waals surface area (Å²) in [6.07, 6.45) is 10.4. The van der Waals surface area contributed by atoms with E-state index in [9.17, 15) is 0 Å². The van der Waals surface area contributed by atoms with E-state index in [4.69, 9.17) is 0 Å². The van der Waals surface area contributed by atoms with Crippen molar-refractivity contribution >= 4 is 22.6 Å². The molecule has 1 rings (SSSR count). The second-order valence-corrected chi connectivity index (χ2v) is 6.08. The Bertz CT molecular complexity index is 417. The summed E-state index contributed by atoms with van der Waals surface area (Å²) < 4.78 is 1.24. The lowest BCUT2D eigenvalue weighted by Gasteiger charge is -2.23. The number of halogens is 1. The van der Waals surface area contributed by atoms with E-state index in [1.54, 1.807) is 0 Å².